The van der Waals surface area contributed by atoms with Gasteiger partial charge in [0.25, 0.3) is 0 Å². The van der Waals surface area contributed by atoms with E-state index in [1.165, 1.54) is 0 Å². The highest BCUT2D eigenvalue weighted by atomic mass is 15.3. The summed E-state index contributed by atoms with van der Waals surface area (Å²) in [6.45, 7) is 8.89. The molecule has 0 saturated heterocycles. The van der Waals surface area contributed by atoms with Crippen molar-refractivity contribution in [2.45, 2.75) is 40.3 Å². The number of hydrogen-bond donors (Lipinski definition) is 1. The first-order valence-corrected chi connectivity index (χ1v) is 6.97. The van der Waals surface area contributed by atoms with Crippen LogP contribution in [0.3, 0.4) is 0 Å². The summed E-state index contributed by atoms with van der Waals surface area (Å²) in [5, 5.41) is 12.2. The van der Waals surface area contributed by atoms with Gasteiger partial charge in [-0.2, -0.15) is 14.7 Å². The normalized spacial score (nSPS) is 12.8. The topological polar surface area (TPSA) is 72.9 Å². The number of nitrogens with one attached hydrogen (secondary N) is 1. The van der Waals surface area contributed by atoms with Crippen LogP contribution in [0.15, 0.2) is 18.7 Å². The van der Waals surface area contributed by atoms with Crippen molar-refractivity contribution >= 4 is 11.5 Å². The molecule has 3 heterocycles. The van der Waals surface area contributed by atoms with Gasteiger partial charge in [0, 0.05) is 23.4 Å². The Bertz CT molecular complexity index is 757. The first-order chi connectivity index (χ1) is 10.0. The van der Waals surface area contributed by atoms with Gasteiger partial charge in [0.2, 0.25) is 0 Å². The smallest absolute Gasteiger partial charge is 0.160 e. The van der Waals surface area contributed by atoms with Crippen molar-refractivity contribution in [3.05, 3.63) is 35.7 Å². The minimum Gasteiger partial charge on any atom is -0.366 e. The van der Waals surface area contributed by atoms with Crippen molar-refractivity contribution in [2.24, 2.45) is 0 Å². The molecule has 21 heavy (non-hydrogen) atoms. The third-order valence-electron chi connectivity index (χ3n) is 3.51. The summed E-state index contributed by atoms with van der Waals surface area (Å²) < 4.78 is 3.68. The van der Waals surface area contributed by atoms with E-state index in [2.05, 4.69) is 32.4 Å². The second-order valence-corrected chi connectivity index (χ2v) is 5.39. The molecule has 7 nitrogen and oxygen atoms in total. The highest BCUT2D eigenvalue weighted by Crippen LogP contribution is 2.18. The molecule has 110 valence electrons. The van der Waals surface area contributed by atoms with Crippen LogP contribution in [0.5, 0.6) is 0 Å². The second kappa shape index (κ2) is 5.16. The largest absolute Gasteiger partial charge is 0.366 e. The highest BCUT2D eigenvalue weighted by Gasteiger charge is 2.13. The number of hydrogen-bond acceptors (Lipinski definition) is 5. The number of aryl methyl sites for hydroxylation is 3. The fourth-order valence-electron chi connectivity index (χ4n) is 2.36. The molecule has 3 aromatic rings. The number of fused-ring (bicyclic) bond motifs is 1. The molecule has 3 aromatic heterocycles. The Morgan fingerprint density at radius 2 is 2.10 bits per heavy atom. The van der Waals surface area contributed by atoms with Crippen molar-refractivity contribution < 1.29 is 0 Å². The van der Waals surface area contributed by atoms with Gasteiger partial charge in [0.1, 0.15) is 18.5 Å². The third kappa shape index (κ3) is 2.58. The van der Waals surface area contributed by atoms with Crippen LogP contribution >= 0.6 is 0 Å². The first-order valence-electron chi connectivity index (χ1n) is 6.97. The standard InChI is InChI=1S/C14H19N7/c1-9-5-13(17-10(2)6-20-8-15-7-16-20)21-14(18-9)11(3)12(4)19-21/h5,7-8,10,17H,6H2,1-4H3/t10-/m0/s1. The molecule has 0 aliphatic rings. The van der Waals surface area contributed by atoms with Crippen LogP contribution in [0.2, 0.25) is 0 Å². The quantitative estimate of drug-likeness (QED) is 0.790. The molecule has 0 aromatic carbocycles. The highest BCUT2D eigenvalue weighted by molar-refractivity contribution is 5.56. The van der Waals surface area contributed by atoms with Crippen molar-refractivity contribution in [3.63, 3.8) is 0 Å². The van der Waals surface area contributed by atoms with Crippen LogP contribution in [0, 0.1) is 20.8 Å². The van der Waals surface area contributed by atoms with E-state index in [9.17, 15) is 0 Å². The van der Waals surface area contributed by atoms with Crippen LogP contribution in [-0.4, -0.2) is 35.4 Å². The van der Waals surface area contributed by atoms with Gasteiger partial charge < -0.3 is 5.32 Å². The van der Waals surface area contributed by atoms with E-state index in [-0.39, 0.29) is 6.04 Å². The van der Waals surface area contributed by atoms with E-state index in [0.29, 0.717) is 0 Å². The number of anilines is 1. The summed E-state index contributed by atoms with van der Waals surface area (Å²) in [5.74, 6) is 0.946. The lowest BCUT2D eigenvalue weighted by molar-refractivity contribution is 0.557. The molecule has 0 spiro atoms. The van der Waals surface area contributed by atoms with Crippen LogP contribution in [0.1, 0.15) is 23.9 Å². The number of nitrogens with zero attached hydrogens (tertiary/aromatic N) is 6. The van der Waals surface area contributed by atoms with Crippen LogP contribution < -0.4 is 5.32 Å². The minimum absolute atomic E-state index is 0.196. The van der Waals surface area contributed by atoms with Gasteiger partial charge in [0.05, 0.1) is 12.2 Å². The Morgan fingerprint density at radius 1 is 1.29 bits per heavy atom. The molecule has 1 atom stereocenters. The van der Waals surface area contributed by atoms with E-state index < -0.39 is 0 Å². The molecule has 0 unspecified atom stereocenters. The monoisotopic (exact) mass is 285 g/mol. The molecule has 7 heteroatoms. The fourth-order valence-corrected chi connectivity index (χ4v) is 2.36. The summed E-state index contributed by atoms with van der Waals surface area (Å²) >= 11 is 0. The van der Waals surface area contributed by atoms with Gasteiger partial charge in [-0.3, -0.25) is 4.68 Å². The minimum atomic E-state index is 0.196. The zero-order valence-corrected chi connectivity index (χ0v) is 12.7. The van der Waals surface area contributed by atoms with E-state index >= 15 is 0 Å². The van der Waals surface area contributed by atoms with Gasteiger partial charge >= 0.3 is 0 Å². The van der Waals surface area contributed by atoms with E-state index in [4.69, 9.17) is 0 Å². The molecule has 0 radical (unpaired) electrons. The molecular formula is C14H19N7. The first kappa shape index (κ1) is 13.5. The zero-order chi connectivity index (χ0) is 15.0. The molecule has 0 aliphatic carbocycles. The summed E-state index contributed by atoms with van der Waals surface area (Å²) in [6.07, 6.45) is 3.26. The average molecular weight is 285 g/mol. The lowest BCUT2D eigenvalue weighted by Gasteiger charge is -2.16. The van der Waals surface area contributed by atoms with Crippen molar-refractivity contribution in [2.75, 3.05) is 5.32 Å². The maximum absolute atomic E-state index is 4.57. The predicted octanol–water partition coefficient (Wildman–Crippen LogP) is 1.75. The second-order valence-electron chi connectivity index (χ2n) is 5.39. The van der Waals surface area contributed by atoms with Crippen molar-refractivity contribution in [1.29, 1.82) is 0 Å². The molecule has 1 N–H and O–H groups in total. The van der Waals surface area contributed by atoms with Crippen molar-refractivity contribution in [1.82, 2.24) is 29.4 Å². The molecule has 0 amide bonds. The predicted molar refractivity (Wildman–Crippen MR) is 80.3 cm³/mol. The molecule has 0 saturated carbocycles. The molecule has 0 aliphatic heterocycles. The maximum atomic E-state index is 4.57. The molecular weight excluding hydrogens is 266 g/mol. The van der Waals surface area contributed by atoms with E-state index in [1.807, 2.05) is 36.0 Å². The maximum Gasteiger partial charge on any atom is 0.160 e. The molecule has 3 rings (SSSR count). The van der Waals surface area contributed by atoms with Crippen LogP contribution in [0.25, 0.3) is 5.65 Å². The van der Waals surface area contributed by atoms with Crippen molar-refractivity contribution in [3.8, 4) is 0 Å². The lowest BCUT2D eigenvalue weighted by atomic mass is 10.3. The van der Waals surface area contributed by atoms with Gasteiger partial charge in [-0.05, 0) is 27.7 Å². The van der Waals surface area contributed by atoms with E-state index in [0.717, 1.165) is 35.0 Å². The van der Waals surface area contributed by atoms with E-state index in [1.54, 1.807) is 12.7 Å². The Kier molecular flexibility index (Phi) is 3.32. The Morgan fingerprint density at radius 3 is 2.81 bits per heavy atom. The third-order valence-corrected chi connectivity index (χ3v) is 3.51. The average Bonchev–Trinajstić information content (AvgIpc) is 3.01. The summed E-state index contributed by atoms with van der Waals surface area (Å²) in [4.78, 5) is 8.53. The Hall–Kier alpha value is -2.44. The van der Waals surface area contributed by atoms with Crippen LogP contribution in [0.4, 0.5) is 5.82 Å². The fraction of sp³-hybridized carbons (Fsp3) is 0.429. The lowest BCUT2D eigenvalue weighted by Crippen LogP contribution is -2.24. The SMILES string of the molecule is Cc1cc(N[C@@H](C)Cn2cncn2)n2nc(C)c(C)c2n1. The van der Waals surface area contributed by atoms with Crippen LogP contribution in [-0.2, 0) is 6.54 Å². The Balaban J connectivity index is 1.91. The zero-order valence-electron chi connectivity index (χ0n) is 12.7. The summed E-state index contributed by atoms with van der Waals surface area (Å²) in [5.41, 5.74) is 4.00. The number of rotatable bonds is 4. The number of aromatic nitrogens is 6. The van der Waals surface area contributed by atoms with Gasteiger partial charge in [-0.25, -0.2) is 9.97 Å². The summed E-state index contributed by atoms with van der Waals surface area (Å²) in [6, 6.07) is 2.21. The Labute approximate surface area is 123 Å². The molecule has 0 bridgehead atoms. The van der Waals surface area contributed by atoms with Gasteiger partial charge in [-0.1, -0.05) is 0 Å². The van der Waals surface area contributed by atoms with Gasteiger partial charge in [-0.15, -0.1) is 0 Å². The summed E-state index contributed by atoms with van der Waals surface area (Å²) in [7, 11) is 0. The van der Waals surface area contributed by atoms with Gasteiger partial charge in [0.15, 0.2) is 5.65 Å². The molecule has 0 fully saturated rings.